The zero-order chi connectivity index (χ0) is 13.1. The zero-order valence-corrected chi connectivity index (χ0v) is 10.9. The van der Waals surface area contributed by atoms with Crippen LogP contribution in [-0.2, 0) is 16.6 Å². The smallest absolute Gasteiger partial charge is 0.124 e. The van der Waals surface area contributed by atoms with Crippen molar-refractivity contribution in [1.82, 2.24) is 0 Å². The van der Waals surface area contributed by atoms with Gasteiger partial charge in [0.15, 0.2) is 0 Å². The number of aliphatic hydroxyl groups excluding tert-OH is 1. The SMILES string of the molecule is CC1Nc2ccc(CC=O)cc2C1(C)C.CO. The highest BCUT2D eigenvalue weighted by Crippen LogP contribution is 2.40. The zero-order valence-electron chi connectivity index (χ0n) is 10.9. The second-order valence-electron chi connectivity index (χ2n) is 4.84. The Kier molecular flexibility index (Phi) is 4.29. The van der Waals surface area contributed by atoms with E-state index in [9.17, 15) is 4.79 Å². The van der Waals surface area contributed by atoms with Crippen LogP contribution >= 0.6 is 0 Å². The summed E-state index contributed by atoms with van der Waals surface area (Å²) in [5.74, 6) is 0. The fourth-order valence-corrected chi connectivity index (χ4v) is 2.12. The monoisotopic (exact) mass is 235 g/mol. The van der Waals surface area contributed by atoms with Gasteiger partial charge in [0.2, 0.25) is 0 Å². The number of benzene rings is 1. The lowest BCUT2D eigenvalue weighted by Crippen LogP contribution is -2.29. The number of aliphatic hydroxyl groups is 1. The summed E-state index contributed by atoms with van der Waals surface area (Å²) in [7, 11) is 1.00. The summed E-state index contributed by atoms with van der Waals surface area (Å²) >= 11 is 0. The van der Waals surface area contributed by atoms with Crippen molar-refractivity contribution in [3.63, 3.8) is 0 Å². The number of carbonyl (C=O) groups excluding carboxylic acids is 1. The average Bonchev–Trinajstić information content (AvgIpc) is 2.54. The predicted octanol–water partition coefficient (Wildman–Crippen LogP) is 2.13. The molecular formula is C14H21NO2. The molecule has 1 aliphatic heterocycles. The van der Waals surface area contributed by atoms with Crippen molar-refractivity contribution in [2.75, 3.05) is 12.4 Å². The van der Waals surface area contributed by atoms with Crippen LogP contribution in [0.4, 0.5) is 5.69 Å². The third-order valence-electron chi connectivity index (χ3n) is 3.55. The molecule has 1 unspecified atom stereocenters. The molecular weight excluding hydrogens is 214 g/mol. The minimum atomic E-state index is 0.147. The molecule has 3 nitrogen and oxygen atoms in total. The van der Waals surface area contributed by atoms with Crippen LogP contribution in [0.15, 0.2) is 18.2 Å². The molecule has 0 aromatic heterocycles. The van der Waals surface area contributed by atoms with Gasteiger partial charge in [-0.25, -0.2) is 0 Å². The van der Waals surface area contributed by atoms with Crippen molar-refractivity contribution in [3.8, 4) is 0 Å². The number of fused-ring (bicyclic) bond motifs is 1. The van der Waals surface area contributed by atoms with E-state index in [0.717, 1.165) is 19.0 Å². The summed E-state index contributed by atoms with van der Waals surface area (Å²) in [5.41, 5.74) is 3.79. The number of hydrogen-bond donors (Lipinski definition) is 2. The van der Waals surface area contributed by atoms with Crippen molar-refractivity contribution in [3.05, 3.63) is 29.3 Å². The first kappa shape index (κ1) is 13.7. The molecule has 2 N–H and O–H groups in total. The predicted molar refractivity (Wildman–Crippen MR) is 70.5 cm³/mol. The molecule has 1 atom stereocenters. The maximum absolute atomic E-state index is 10.5. The number of hydrogen-bond acceptors (Lipinski definition) is 3. The van der Waals surface area contributed by atoms with Gasteiger partial charge in [0.05, 0.1) is 0 Å². The minimum Gasteiger partial charge on any atom is -0.400 e. The van der Waals surface area contributed by atoms with Crippen LogP contribution in [0, 0.1) is 0 Å². The van der Waals surface area contributed by atoms with E-state index >= 15 is 0 Å². The van der Waals surface area contributed by atoms with E-state index in [1.54, 1.807) is 0 Å². The highest BCUT2D eigenvalue weighted by molar-refractivity contribution is 5.64. The van der Waals surface area contributed by atoms with Gasteiger partial charge >= 0.3 is 0 Å². The van der Waals surface area contributed by atoms with Crippen LogP contribution < -0.4 is 5.32 Å². The third-order valence-corrected chi connectivity index (χ3v) is 3.55. The van der Waals surface area contributed by atoms with Crippen molar-refractivity contribution < 1.29 is 9.90 Å². The van der Waals surface area contributed by atoms with E-state index in [2.05, 4.69) is 38.2 Å². The van der Waals surface area contributed by atoms with Crippen LogP contribution in [0.25, 0.3) is 0 Å². The average molecular weight is 235 g/mol. The van der Waals surface area contributed by atoms with Crippen LogP contribution in [0.3, 0.4) is 0 Å². The number of aldehydes is 1. The van der Waals surface area contributed by atoms with Crippen molar-refractivity contribution >= 4 is 12.0 Å². The molecule has 0 saturated carbocycles. The van der Waals surface area contributed by atoms with Gasteiger partial charge in [-0.15, -0.1) is 0 Å². The van der Waals surface area contributed by atoms with Crippen molar-refractivity contribution in [1.29, 1.82) is 0 Å². The number of carbonyl (C=O) groups is 1. The standard InChI is InChI=1S/C13H17NO.CH4O/c1-9-13(2,3)11-8-10(6-7-15)4-5-12(11)14-9;1-2/h4-5,7-9,14H,6H2,1-3H3;2H,1H3. The maximum atomic E-state index is 10.5. The van der Waals surface area contributed by atoms with Crippen LogP contribution in [0.1, 0.15) is 31.9 Å². The van der Waals surface area contributed by atoms with Crippen LogP contribution in [0.2, 0.25) is 0 Å². The Labute approximate surface area is 103 Å². The molecule has 94 valence electrons. The van der Waals surface area contributed by atoms with Gasteiger partial charge < -0.3 is 15.2 Å². The van der Waals surface area contributed by atoms with E-state index in [0.29, 0.717) is 12.5 Å². The first-order valence-corrected chi connectivity index (χ1v) is 5.84. The Hall–Kier alpha value is -1.35. The second kappa shape index (κ2) is 5.32. The molecule has 1 heterocycles. The molecule has 1 aromatic carbocycles. The number of anilines is 1. The Balaban J connectivity index is 0.000000686. The van der Waals surface area contributed by atoms with Gasteiger partial charge in [0, 0.05) is 30.7 Å². The quantitative estimate of drug-likeness (QED) is 0.772. The molecule has 0 aliphatic carbocycles. The van der Waals surface area contributed by atoms with Gasteiger partial charge in [-0.2, -0.15) is 0 Å². The summed E-state index contributed by atoms with van der Waals surface area (Å²) in [6, 6.07) is 6.70. The maximum Gasteiger partial charge on any atom is 0.124 e. The van der Waals surface area contributed by atoms with Crippen LogP contribution in [-0.4, -0.2) is 24.5 Å². The number of nitrogens with one attached hydrogen (secondary N) is 1. The Bertz CT molecular complexity index is 399. The highest BCUT2D eigenvalue weighted by atomic mass is 16.2. The van der Waals surface area contributed by atoms with Gasteiger partial charge in [-0.3, -0.25) is 0 Å². The van der Waals surface area contributed by atoms with Gasteiger partial charge in [-0.05, 0) is 24.1 Å². The van der Waals surface area contributed by atoms with Gasteiger partial charge in [0.25, 0.3) is 0 Å². The fourth-order valence-electron chi connectivity index (χ4n) is 2.12. The van der Waals surface area contributed by atoms with E-state index in [-0.39, 0.29) is 5.41 Å². The molecule has 0 fully saturated rings. The summed E-state index contributed by atoms with van der Waals surface area (Å²) in [6.45, 7) is 6.67. The van der Waals surface area contributed by atoms with E-state index in [1.165, 1.54) is 11.3 Å². The summed E-state index contributed by atoms with van der Waals surface area (Å²) < 4.78 is 0. The molecule has 17 heavy (non-hydrogen) atoms. The van der Waals surface area contributed by atoms with E-state index < -0.39 is 0 Å². The molecule has 0 bridgehead atoms. The molecule has 0 radical (unpaired) electrons. The molecule has 0 amide bonds. The molecule has 3 heteroatoms. The Morgan fingerprint density at radius 1 is 1.41 bits per heavy atom. The van der Waals surface area contributed by atoms with E-state index in [4.69, 9.17) is 5.11 Å². The lowest BCUT2D eigenvalue weighted by Gasteiger charge is -2.24. The van der Waals surface area contributed by atoms with Gasteiger partial charge in [0.1, 0.15) is 6.29 Å². The first-order chi connectivity index (χ1) is 8.05. The lowest BCUT2D eigenvalue weighted by molar-refractivity contribution is -0.107. The summed E-state index contributed by atoms with van der Waals surface area (Å²) in [5, 5.41) is 10.5. The Morgan fingerprint density at radius 2 is 2.06 bits per heavy atom. The van der Waals surface area contributed by atoms with E-state index in [1.807, 2.05) is 6.07 Å². The first-order valence-electron chi connectivity index (χ1n) is 5.84. The highest BCUT2D eigenvalue weighted by Gasteiger charge is 2.36. The normalized spacial score (nSPS) is 19.7. The Morgan fingerprint density at radius 3 is 2.65 bits per heavy atom. The molecule has 1 aliphatic rings. The lowest BCUT2D eigenvalue weighted by atomic mass is 9.81. The molecule has 2 rings (SSSR count). The summed E-state index contributed by atoms with van der Waals surface area (Å²) in [6.07, 6.45) is 1.47. The minimum absolute atomic E-state index is 0.147. The summed E-state index contributed by atoms with van der Waals surface area (Å²) in [4.78, 5) is 10.5. The largest absolute Gasteiger partial charge is 0.400 e. The molecule has 0 saturated heterocycles. The number of rotatable bonds is 2. The van der Waals surface area contributed by atoms with Crippen LogP contribution in [0.5, 0.6) is 0 Å². The molecule has 1 aromatic rings. The fraction of sp³-hybridized carbons (Fsp3) is 0.500. The van der Waals surface area contributed by atoms with Crippen molar-refractivity contribution in [2.24, 2.45) is 0 Å². The third kappa shape index (κ3) is 2.50. The molecule has 0 spiro atoms. The topological polar surface area (TPSA) is 49.3 Å². The second-order valence-corrected chi connectivity index (χ2v) is 4.84. The van der Waals surface area contributed by atoms with Crippen molar-refractivity contribution in [2.45, 2.75) is 38.6 Å². The van der Waals surface area contributed by atoms with Gasteiger partial charge in [-0.1, -0.05) is 26.0 Å².